The molecule has 1 aromatic carbocycles. The lowest BCUT2D eigenvalue weighted by molar-refractivity contribution is -0.644. The van der Waals surface area contributed by atoms with Crippen molar-refractivity contribution < 1.29 is 9.36 Å². The van der Waals surface area contributed by atoms with Crippen molar-refractivity contribution in [2.24, 2.45) is 5.41 Å². The molecule has 1 heterocycles. The van der Waals surface area contributed by atoms with Gasteiger partial charge in [-0.15, -0.1) is 0 Å². The second-order valence-electron chi connectivity index (χ2n) is 7.41. The summed E-state index contributed by atoms with van der Waals surface area (Å²) < 4.78 is 4.06. The predicted molar refractivity (Wildman–Crippen MR) is 94.2 cm³/mol. The molecular formula is C18H29N4O+. The van der Waals surface area contributed by atoms with Gasteiger partial charge in [-0.05, 0) is 32.6 Å². The topological polar surface area (TPSA) is 55.1 Å². The molecule has 0 unspecified atom stereocenters. The number of carbonyl (C=O) groups excluding carboxylic acids is 1. The molecule has 5 nitrogen and oxygen atoms in total. The number of nitrogens with zero attached hydrogens (tertiary/aromatic N) is 3. The fourth-order valence-corrected chi connectivity index (χ4v) is 2.64. The number of imidazole rings is 1. The molecule has 2 rings (SSSR count). The van der Waals surface area contributed by atoms with Crippen molar-refractivity contribution in [2.75, 3.05) is 26.4 Å². The van der Waals surface area contributed by atoms with E-state index in [0.717, 1.165) is 30.5 Å². The molecule has 0 saturated heterocycles. The first-order valence-corrected chi connectivity index (χ1v) is 8.16. The number of ketones is 1. The van der Waals surface area contributed by atoms with Crippen molar-refractivity contribution in [3.8, 4) is 0 Å². The summed E-state index contributed by atoms with van der Waals surface area (Å²) in [5, 5.41) is 0. The van der Waals surface area contributed by atoms with Gasteiger partial charge in [-0.2, -0.15) is 0 Å². The van der Waals surface area contributed by atoms with Gasteiger partial charge in [0.1, 0.15) is 17.6 Å². The summed E-state index contributed by atoms with van der Waals surface area (Å²) >= 11 is 0. The molecular weight excluding hydrogens is 288 g/mol. The van der Waals surface area contributed by atoms with Gasteiger partial charge in [-0.3, -0.25) is 10.5 Å². The summed E-state index contributed by atoms with van der Waals surface area (Å²) in [4.78, 5) is 14.6. The Labute approximate surface area is 138 Å². The number of aryl methyl sites for hydroxylation is 1. The molecule has 0 bridgehead atoms. The van der Waals surface area contributed by atoms with Gasteiger partial charge in [-0.1, -0.05) is 32.9 Å². The van der Waals surface area contributed by atoms with Gasteiger partial charge in [0.15, 0.2) is 5.78 Å². The number of nitrogen functional groups attached to an aromatic ring is 1. The van der Waals surface area contributed by atoms with Crippen molar-refractivity contribution in [1.82, 2.24) is 9.47 Å². The van der Waals surface area contributed by atoms with E-state index in [1.54, 1.807) is 0 Å². The van der Waals surface area contributed by atoms with Crippen molar-refractivity contribution in [3.63, 3.8) is 0 Å². The van der Waals surface area contributed by atoms with E-state index < -0.39 is 0 Å². The summed E-state index contributed by atoms with van der Waals surface area (Å²) in [7, 11) is 4.14. The Morgan fingerprint density at radius 2 is 1.91 bits per heavy atom. The third-order valence-corrected chi connectivity index (χ3v) is 4.14. The molecule has 0 aliphatic rings. The second kappa shape index (κ2) is 6.71. The summed E-state index contributed by atoms with van der Waals surface area (Å²) in [6.07, 6.45) is 1.02. The summed E-state index contributed by atoms with van der Waals surface area (Å²) in [6, 6.07) is 8.10. The molecule has 0 spiro atoms. The number of para-hydroxylation sites is 2. The van der Waals surface area contributed by atoms with Crippen LogP contribution in [0.15, 0.2) is 24.3 Å². The highest BCUT2D eigenvalue weighted by molar-refractivity contribution is 5.83. The minimum Gasteiger partial charge on any atom is -0.309 e. The van der Waals surface area contributed by atoms with Crippen LogP contribution < -0.4 is 10.3 Å². The van der Waals surface area contributed by atoms with Crippen LogP contribution in [-0.2, 0) is 17.9 Å². The molecule has 0 fully saturated rings. The number of anilines is 1. The first kappa shape index (κ1) is 17.5. The van der Waals surface area contributed by atoms with Crippen LogP contribution >= 0.6 is 0 Å². The minimum atomic E-state index is -0.367. The average molecular weight is 317 g/mol. The Morgan fingerprint density at radius 3 is 2.52 bits per heavy atom. The number of hydrogen-bond donors (Lipinski definition) is 1. The van der Waals surface area contributed by atoms with Gasteiger partial charge in [-0.25, -0.2) is 9.13 Å². The predicted octanol–water partition coefficient (Wildman–Crippen LogP) is 2.08. The molecule has 0 aliphatic carbocycles. The van der Waals surface area contributed by atoms with Gasteiger partial charge < -0.3 is 4.90 Å². The zero-order chi connectivity index (χ0) is 17.2. The van der Waals surface area contributed by atoms with Crippen LogP contribution in [0.2, 0.25) is 0 Å². The lowest BCUT2D eigenvalue weighted by Crippen LogP contribution is -2.43. The number of rotatable bonds is 6. The van der Waals surface area contributed by atoms with Gasteiger partial charge >= 0.3 is 5.95 Å². The molecule has 0 aliphatic heterocycles. The maximum Gasteiger partial charge on any atom is 0.356 e. The highest BCUT2D eigenvalue weighted by Crippen LogP contribution is 2.19. The van der Waals surface area contributed by atoms with Gasteiger partial charge in [0, 0.05) is 12.0 Å². The average Bonchev–Trinajstić information content (AvgIpc) is 2.71. The van der Waals surface area contributed by atoms with E-state index in [2.05, 4.69) is 29.6 Å². The fourth-order valence-electron chi connectivity index (χ4n) is 2.64. The fraction of sp³-hybridized carbons (Fsp3) is 0.556. The molecule has 0 saturated carbocycles. The Morgan fingerprint density at radius 1 is 1.26 bits per heavy atom. The van der Waals surface area contributed by atoms with Crippen LogP contribution in [0.4, 0.5) is 5.95 Å². The van der Waals surface area contributed by atoms with E-state index in [9.17, 15) is 4.79 Å². The van der Waals surface area contributed by atoms with Crippen LogP contribution in [-0.4, -0.2) is 35.9 Å². The SMILES string of the molecule is CN(C)CCCn1c(N)[n+](CC(=O)C(C)(C)C)c2ccccc21. The highest BCUT2D eigenvalue weighted by atomic mass is 16.1. The zero-order valence-corrected chi connectivity index (χ0v) is 15.0. The lowest BCUT2D eigenvalue weighted by atomic mass is 9.91. The molecule has 2 N–H and O–H groups in total. The number of hydrogen-bond acceptors (Lipinski definition) is 3. The van der Waals surface area contributed by atoms with Crippen LogP contribution in [0, 0.1) is 5.41 Å². The molecule has 126 valence electrons. The van der Waals surface area contributed by atoms with Crippen LogP contribution in [0.3, 0.4) is 0 Å². The first-order chi connectivity index (χ1) is 10.7. The van der Waals surface area contributed by atoms with E-state index in [1.165, 1.54) is 0 Å². The Bertz CT molecular complexity index is 695. The lowest BCUT2D eigenvalue weighted by Gasteiger charge is -2.15. The standard InChI is InChI=1S/C18H28N4O/c1-18(2,3)16(23)13-22-15-10-7-6-9-14(15)21(17(22)19)12-8-11-20(4)5/h6-7,9-10,19H,8,11-13H2,1-5H3/p+1. The van der Waals surface area contributed by atoms with E-state index in [0.29, 0.717) is 12.5 Å². The Kier molecular flexibility index (Phi) is 5.09. The maximum atomic E-state index is 12.5. The monoisotopic (exact) mass is 317 g/mol. The first-order valence-electron chi connectivity index (χ1n) is 8.16. The second-order valence-corrected chi connectivity index (χ2v) is 7.41. The zero-order valence-electron chi connectivity index (χ0n) is 15.0. The van der Waals surface area contributed by atoms with Crippen molar-refractivity contribution in [1.29, 1.82) is 0 Å². The van der Waals surface area contributed by atoms with Crippen LogP contribution in [0.1, 0.15) is 27.2 Å². The summed E-state index contributed by atoms with van der Waals surface area (Å²) in [5.41, 5.74) is 8.13. The maximum absolute atomic E-state index is 12.5. The molecule has 23 heavy (non-hydrogen) atoms. The minimum absolute atomic E-state index is 0.186. The van der Waals surface area contributed by atoms with Gasteiger partial charge in [0.25, 0.3) is 0 Å². The molecule has 2 aromatic rings. The number of fused-ring (bicyclic) bond motifs is 1. The molecule has 0 radical (unpaired) electrons. The molecule has 0 amide bonds. The smallest absolute Gasteiger partial charge is 0.309 e. The molecule has 5 heteroatoms. The summed E-state index contributed by atoms with van der Waals surface area (Å²) in [5.74, 6) is 0.841. The van der Waals surface area contributed by atoms with Crippen molar-refractivity contribution in [2.45, 2.75) is 40.3 Å². The van der Waals surface area contributed by atoms with E-state index >= 15 is 0 Å². The number of benzene rings is 1. The van der Waals surface area contributed by atoms with Gasteiger partial charge in [0.2, 0.25) is 0 Å². The van der Waals surface area contributed by atoms with Crippen molar-refractivity contribution >= 4 is 22.8 Å². The quantitative estimate of drug-likeness (QED) is 0.830. The third kappa shape index (κ3) is 3.91. The number of carbonyl (C=O) groups is 1. The van der Waals surface area contributed by atoms with E-state index in [-0.39, 0.29) is 11.2 Å². The van der Waals surface area contributed by atoms with E-state index in [4.69, 9.17) is 5.73 Å². The van der Waals surface area contributed by atoms with Crippen LogP contribution in [0.5, 0.6) is 0 Å². The van der Waals surface area contributed by atoms with Crippen LogP contribution in [0.25, 0.3) is 11.0 Å². The normalized spacial score (nSPS) is 12.3. The molecule has 0 atom stereocenters. The van der Waals surface area contributed by atoms with E-state index in [1.807, 2.05) is 43.5 Å². The number of aromatic nitrogens is 2. The third-order valence-electron chi connectivity index (χ3n) is 4.14. The Balaban J connectivity index is 2.37. The Hall–Kier alpha value is -1.88. The number of Topliss-reactive ketones (excluding diaryl/α,β-unsaturated/α-hetero) is 1. The highest BCUT2D eigenvalue weighted by Gasteiger charge is 2.27. The van der Waals surface area contributed by atoms with Gasteiger partial charge in [0.05, 0.1) is 6.54 Å². The van der Waals surface area contributed by atoms with Crippen molar-refractivity contribution in [3.05, 3.63) is 24.3 Å². The largest absolute Gasteiger partial charge is 0.356 e. The summed E-state index contributed by atoms with van der Waals surface area (Å²) in [6.45, 7) is 8.01. The number of nitrogens with two attached hydrogens (primary N) is 1. The molecule has 1 aromatic heterocycles.